The Morgan fingerprint density at radius 3 is 2.41 bits per heavy atom. The number of carbonyl (C=O) groups is 3. The number of carbonyl (C=O) groups excluding carboxylic acids is 3. The fourth-order valence-electron chi connectivity index (χ4n) is 2.04. The zero-order valence-corrected chi connectivity index (χ0v) is 16.4. The number of allylic oxidation sites excluding steroid dienone is 1. The van der Waals surface area contributed by atoms with Crippen LogP contribution < -0.4 is 16.0 Å². The van der Waals surface area contributed by atoms with Crippen LogP contribution in [0.5, 0.6) is 0 Å². The molecule has 0 aromatic carbocycles. The third kappa shape index (κ3) is 6.89. The average Bonchev–Trinajstić information content (AvgIpc) is 2.90. The standard InChI is InChI=1S/C18H26N4O5/c1-11(20-17(25)27-18(2,3)4)8-13(19-5)15(23)21-12-9-14(16(24)26-7)22(6)10-12/h8-10,19H,1H2,2-7H3,(H,20,25)(H,21,23)/b13-8-. The molecule has 27 heavy (non-hydrogen) atoms. The minimum absolute atomic E-state index is 0.152. The van der Waals surface area contributed by atoms with Crippen molar-refractivity contribution in [2.24, 2.45) is 7.05 Å². The van der Waals surface area contributed by atoms with Gasteiger partial charge in [0.2, 0.25) is 0 Å². The molecule has 0 fully saturated rings. The maximum absolute atomic E-state index is 12.4. The van der Waals surface area contributed by atoms with Gasteiger partial charge in [0.15, 0.2) is 0 Å². The lowest BCUT2D eigenvalue weighted by Gasteiger charge is -2.19. The van der Waals surface area contributed by atoms with Crippen molar-refractivity contribution < 1.29 is 23.9 Å². The normalized spacial score (nSPS) is 11.4. The third-order valence-electron chi connectivity index (χ3n) is 3.15. The molecule has 2 amide bonds. The van der Waals surface area contributed by atoms with E-state index in [1.165, 1.54) is 23.8 Å². The first kappa shape index (κ1) is 21.8. The number of anilines is 1. The number of rotatable bonds is 6. The molecule has 9 heteroatoms. The lowest BCUT2D eigenvalue weighted by atomic mass is 10.2. The van der Waals surface area contributed by atoms with Gasteiger partial charge in [0, 0.05) is 26.0 Å². The number of hydrogen-bond acceptors (Lipinski definition) is 6. The summed E-state index contributed by atoms with van der Waals surface area (Å²) in [5.74, 6) is -0.996. The SMILES string of the molecule is C=C(/C=C(\NC)C(=O)Nc1cc(C(=O)OC)n(C)c1)NC(=O)OC(C)(C)C. The minimum atomic E-state index is -0.676. The summed E-state index contributed by atoms with van der Waals surface area (Å²) in [5.41, 5.74) is 0.377. The zero-order valence-electron chi connectivity index (χ0n) is 16.4. The molecule has 0 spiro atoms. The molecular formula is C18H26N4O5. The van der Waals surface area contributed by atoms with E-state index in [-0.39, 0.29) is 11.4 Å². The Kier molecular flexibility index (Phi) is 7.21. The molecule has 1 rings (SSSR count). The summed E-state index contributed by atoms with van der Waals surface area (Å²) < 4.78 is 11.3. The Balaban J connectivity index is 2.82. The highest BCUT2D eigenvalue weighted by atomic mass is 16.6. The Bertz CT molecular complexity index is 771. The Morgan fingerprint density at radius 2 is 1.89 bits per heavy atom. The van der Waals surface area contributed by atoms with Crippen LogP contribution >= 0.6 is 0 Å². The van der Waals surface area contributed by atoms with E-state index in [0.717, 1.165) is 0 Å². The second kappa shape index (κ2) is 8.93. The van der Waals surface area contributed by atoms with Crippen LogP contribution in [0.4, 0.5) is 10.5 Å². The summed E-state index contributed by atoms with van der Waals surface area (Å²) in [6.07, 6.45) is 2.26. The van der Waals surface area contributed by atoms with Crippen molar-refractivity contribution in [1.82, 2.24) is 15.2 Å². The second-order valence-electron chi connectivity index (χ2n) is 6.63. The van der Waals surface area contributed by atoms with Crippen LogP contribution in [0.2, 0.25) is 0 Å². The molecule has 0 saturated carbocycles. The predicted octanol–water partition coefficient (Wildman–Crippen LogP) is 1.89. The second-order valence-corrected chi connectivity index (χ2v) is 6.63. The number of amides is 2. The summed E-state index contributed by atoms with van der Waals surface area (Å²) in [6.45, 7) is 8.89. The van der Waals surface area contributed by atoms with Crippen molar-refractivity contribution in [2.75, 3.05) is 19.5 Å². The highest BCUT2D eigenvalue weighted by Crippen LogP contribution is 2.14. The molecule has 0 aliphatic carbocycles. The summed E-state index contributed by atoms with van der Waals surface area (Å²) in [5, 5.41) is 7.81. The first-order valence-corrected chi connectivity index (χ1v) is 8.11. The van der Waals surface area contributed by atoms with Gasteiger partial charge >= 0.3 is 12.1 Å². The van der Waals surface area contributed by atoms with Crippen LogP contribution in [-0.2, 0) is 21.3 Å². The largest absolute Gasteiger partial charge is 0.464 e. The lowest BCUT2D eigenvalue weighted by molar-refractivity contribution is -0.113. The first-order valence-electron chi connectivity index (χ1n) is 8.11. The van der Waals surface area contributed by atoms with E-state index in [1.807, 2.05) is 0 Å². The Morgan fingerprint density at radius 1 is 1.26 bits per heavy atom. The molecule has 148 valence electrons. The van der Waals surface area contributed by atoms with Crippen LogP contribution in [0.3, 0.4) is 0 Å². The maximum Gasteiger partial charge on any atom is 0.412 e. The van der Waals surface area contributed by atoms with E-state index in [1.54, 1.807) is 41.1 Å². The first-order chi connectivity index (χ1) is 12.5. The van der Waals surface area contributed by atoms with Crippen molar-refractivity contribution in [3.05, 3.63) is 42.0 Å². The fourth-order valence-corrected chi connectivity index (χ4v) is 2.04. The number of alkyl carbamates (subject to hydrolysis) is 1. The molecule has 0 unspecified atom stereocenters. The van der Waals surface area contributed by atoms with Gasteiger partial charge in [-0.15, -0.1) is 0 Å². The van der Waals surface area contributed by atoms with Gasteiger partial charge in [-0.3, -0.25) is 10.1 Å². The predicted molar refractivity (Wildman–Crippen MR) is 101 cm³/mol. The summed E-state index contributed by atoms with van der Waals surface area (Å²) in [4.78, 5) is 35.8. The van der Waals surface area contributed by atoms with Gasteiger partial charge in [-0.05, 0) is 32.9 Å². The van der Waals surface area contributed by atoms with Crippen LogP contribution in [0.15, 0.2) is 36.3 Å². The average molecular weight is 378 g/mol. The quantitative estimate of drug-likeness (QED) is 0.396. The van der Waals surface area contributed by atoms with Crippen LogP contribution in [0, 0.1) is 0 Å². The number of nitrogens with one attached hydrogen (secondary N) is 3. The van der Waals surface area contributed by atoms with Crippen molar-refractivity contribution >= 4 is 23.7 Å². The molecule has 1 heterocycles. The molecule has 3 N–H and O–H groups in total. The smallest absolute Gasteiger partial charge is 0.412 e. The molecule has 9 nitrogen and oxygen atoms in total. The number of nitrogens with zero attached hydrogens (tertiary/aromatic N) is 1. The lowest BCUT2D eigenvalue weighted by Crippen LogP contribution is -2.32. The van der Waals surface area contributed by atoms with Gasteiger partial charge in [-0.1, -0.05) is 6.58 Å². The molecule has 1 aromatic rings. The molecule has 0 aliphatic heterocycles. The van der Waals surface area contributed by atoms with Crippen molar-refractivity contribution in [1.29, 1.82) is 0 Å². The van der Waals surface area contributed by atoms with E-state index in [9.17, 15) is 14.4 Å². The summed E-state index contributed by atoms with van der Waals surface area (Å²) in [7, 11) is 4.49. The van der Waals surface area contributed by atoms with E-state index < -0.39 is 23.6 Å². The van der Waals surface area contributed by atoms with Crippen LogP contribution in [-0.4, -0.2) is 42.3 Å². The van der Waals surface area contributed by atoms with E-state index in [2.05, 4.69) is 27.3 Å². The monoisotopic (exact) mass is 378 g/mol. The van der Waals surface area contributed by atoms with Gasteiger partial charge < -0.3 is 24.7 Å². The van der Waals surface area contributed by atoms with Crippen molar-refractivity contribution in [3.63, 3.8) is 0 Å². The fraction of sp³-hybridized carbons (Fsp3) is 0.389. The minimum Gasteiger partial charge on any atom is -0.464 e. The van der Waals surface area contributed by atoms with Gasteiger partial charge in [-0.2, -0.15) is 0 Å². The third-order valence-corrected chi connectivity index (χ3v) is 3.15. The molecule has 0 radical (unpaired) electrons. The highest BCUT2D eigenvalue weighted by molar-refractivity contribution is 6.04. The summed E-state index contributed by atoms with van der Waals surface area (Å²) in [6, 6.07) is 1.49. The number of ether oxygens (including phenoxy) is 2. The van der Waals surface area contributed by atoms with E-state index in [0.29, 0.717) is 11.4 Å². The number of aromatic nitrogens is 1. The van der Waals surface area contributed by atoms with Crippen molar-refractivity contribution in [3.8, 4) is 0 Å². The Hall–Kier alpha value is -3.23. The Labute approximate surface area is 158 Å². The van der Waals surface area contributed by atoms with Gasteiger partial charge in [0.05, 0.1) is 12.8 Å². The number of methoxy groups -OCH3 is 1. The number of likely N-dealkylation sites (N-methyl/N-ethyl adjacent to an activating group) is 1. The van der Waals surface area contributed by atoms with Crippen molar-refractivity contribution in [2.45, 2.75) is 26.4 Å². The van der Waals surface area contributed by atoms with Gasteiger partial charge in [-0.25, -0.2) is 9.59 Å². The summed E-state index contributed by atoms with van der Waals surface area (Å²) >= 11 is 0. The van der Waals surface area contributed by atoms with Gasteiger partial charge in [0.1, 0.15) is 17.0 Å². The molecule has 0 saturated heterocycles. The van der Waals surface area contributed by atoms with Gasteiger partial charge in [0.25, 0.3) is 5.91 Å². The van der Waals surface area contributed by atoms with Crippen LogP contribution in [0.1, 0.15) is 31.3 Å². The number of hydrogen-bond donors (Lipinski definition) is 3. The highest BCUT2D eigenvalue weighted by Gasteiger charge is 2.17. The molecule has 0 atom stereocenters. The molecular weight excluding hydrogens is 352 g/mol. The number of aryl methyl sites for hydroxylation is 1. The molecule has 1 aromatic heterocycles. The van der Waals surface area contributed by atoms with E-state index in [4.69, 9.17) is 4.74 Å². The van der Waals surface area contributed by atoms with E-state index >= 15 is 0 Å². The maximum atomic E-state index is 12.4. The molecule has 0 bridgehead atoms. The topological polar surface area (TPSA) is 111 Å². The molecule has 0 aliphatic rings. The zero-order chi connectivity index (χ0) is 20.8. The van der Waals surface area contributed by atoms with Crippen LogP contribution in [0.25, 0.3) is 0 Å². The number of esters is 1.